The van der Waals surface area contributed by atoms with Gasteiger partial charge in [0.25, 0.3) is 0 Å². The quantitative estimate of drug-likeness (QED) is 0.474. The molecule has 0 rings (SSSR count). The average Bonchev–Trinajstić information content (AvgIpc) is 1.87. The van der Waals surface area contributed by atoms with Crippen molar-refractivity contribution in [3.8, 4) is 0 Å². The van der Waals surface area contributed by atoms with E-state index in [1.807, 2.05) is 0 Å². The second-order valence-electron chi connectivity index (χ2n) is 2.40. The molecule has 0 aliphatic heterocycles. The summed E-state index contributed by atoms with van der Waals surface area (Å²) in [6.45, 7) is 1.30. The van der Waals surface area contributed by atoms with Gasteiger partial charge in [0.05, 0.1) is 6.04 Å². The molecule has 0 fully saturated rings. The van der Waals surface area contributed by atoms with Gasteiger partial charge in [-0.05, 0) is 13.3 Å². The van der Waals surface area contributed by atoms with Crippen LogP contribution in [0.5, 0.6) is 0 Å². The van der Waals surface area contributed by atoms with Gasteiger partial charge in [0.1, 0.15) is 11.8 Å². The van der Waals surface area contributed by atoms with Crippen molar-refractivity contribution >= 4 is 11.8 Å². The van der Waals surface area contributed by atoms with E-state index in [-0.39, 0.29) is 12.2 Å². The van der Waals surface area contributed by atoms with Gasteiger partial charge >= 0.3 is 5.97 Å². The monoisotopic (exact) mass is 160 g/mol. The van der Waals surface area contributed by atoms with Crippen LogP contribution in [0.2, 0.25) is 0 Å². The summed E-state index contributed by atoms with van der Waals surface area (Å²) in [5, 5.41) is 8.32. The Hall–Kier alpha value is -0.940. The lowest BCUT2D eigenvalue weighted by Crippen LogP contribution is -2.40. The first-order chi connectivity index (χ1) is 4.95. The molecule has 0 aromatic rings. The van der Waals surface area contributed by atoms with Gasteiger partial charge < -0.3 is 16.6 Å². The molecular formula is C6H12N2O3. The lowest BCUT2D eigenvalue weighted by molar-refractivity contribution is -0.138. The number of nitrogens with two attached hydrogens (primary N) is 2. The summed E-state index contributed by atoms with van der Waals surface area (Å²) >= 11 is 0. The van der Waals surface area contributed by atoms with Crippen LogP contribution in [0.1, 0.15) is 13.3 Å². The van der Waals surface area contributed by atoms with E-state index in [0.717, 1.165) is 0 Å². The standard InChI is InChI=1S/C6H12N2O3/c1-3(9)4(7)2-5(8)6(10)11/h4-5H,2,7-8H2,1H3,(H,10,11). The number of rotatable bonds is 4. The Morgan fingerprint density at radius 1 is 1.36 bits per heavy atom. The van der Waals surface area contributed by atoms with E-state index >= 15 is 0 Å². The first-order valence-corrected chi connectivity index (χ1v) is 3.19. The highest BCUT2D eigenvalue weighted by Gasteiger charge is 2.18. The Balaban J connectivity index is 3.84. The molecule has 0 spiro atoms. The lowest BCUT2D eigenvalue weighted by Gasteiger charge is -2.10. The van der Waals surface area contributed by atoms with Crippen LogP contribution >= 0.6 is 0 Å². The van der Waals surface area contributed by atoms with E-state index in [1.165, 1.54) is 6.92 Å². The van der Waals surface area contributed by atoms with E-state index in [9.17, 15) is 9.59 Å². The molecule has 0 heterocycles. The fraction of sp³-hybridized carbons (Fsp3) is 0.667. The molecule has 0 amide bonds. The zero-order valence-corrected chi connectivity index (χ0v) is 6.28. The topological polar surface area (TPSA) is 106 Å². The van der Waals surface area contributed by atoms with Crippen LogP contribution in [0.25, 0.3) is 0 Å². The zero-order valence-electron chi connectivity index (χ0n) is 6.28. The number of hydrogen-bond donors (Lipinski definition) is 3. The maximum atomic E-state index is 10.5. The number of carbonyl (C=O) groups excluding carboxylic acids is 1. The summed E-state index contributed by atoms with van der Waals surface area (Å²) in [5.41, 5.74) is 10.4. The van der Waals surface area contributed by atoms with Crippen LogP contribution in [-0.2, 0) is 9.59 Å². The smallest absolute Gasteiger partial charge is 0.320 e. The highest BCUT2D eigenvalue weighted by atomic mass is 16.4. The van der Waals surface area contributed by atoms with Crippen molar-refractivity contribution in [3.05, 3.63) is 0 Å². The van der Waals surface area contributed by atoms with Crippen LogP contribution < -0.4 is 11.5 Å². The van der Waals surface area contributed by atoms with E-state index < -0.39 is 18.1 Å². The van der Waals surface area contributed by atoms with Crippen LogP contribution in [0.15, 0.2) is 0 Å². The molecule has 5 heteroatoms. The van der Waals surface area contributed by atoms with Crippen molar-refractivity contribution in [2.75, 3.05) is 0 Å². The molecule has 0 saturated heterocycles. The molecule has 0 aliphatic rings. The first-order valence-electron chi connectivity index (χ1n) is 3.19. The molecular weight excluding hydrogens is 148 g/mol. The maximum Gasteiger partial charge on any atom is 0.320 e. The predicted octanol–water partition coefficient (Wildman–Crippen LogP) is -1.30. The Labute approximate surface area is 64.4 Å². The molecule has 0 saturated carbocycles. The van der Waals surface area contributed by atoms with E-state index in [1.54, 1.807) is 0 Å². The minimum absolute atomic E-state index is 0.00926. The Morgan fingerprint density at radius 2 is 1.82 bits per heavy atom. The highest BCUT2D eigenvalue weighted by Crippen LogP contribution is 1.94. The normalized spacial score (nSPS) is 15.5. The van der Waals surface area contributed by atoms with Gasteiger partial charge in [-0.1, -0.05) is 0 Å². The lowest BCUT2D eigenvalue weighted by atomic mass is 10.1. The fourth-order valence-electron chi connectivity index (χ4n) is 0.540. The number of aliphatic carboxylic acids is 1. The Morgan fingerprint density at radius 3 is 2.09 bits per heavy atom. The molecule has 64 valence electrons. The highest BCUT2D eigenvalue weighted by molar-refractivity contribution is 5.82. The number of carbonyl (C=O) groups is 2. The predicted molar refractivity (Wildman–Crippen MR) is 38.9 cm³/mol. The third-order valence-corrected chi connectivity index (χ3v) is 1.35. The minimum Gasteiger partial charge on any atom is -0.480 e. The average molecular weight is 160 g/mol. The Bertz CT molecular complexity index is 151. The fourth-order valence-corrected chi connectivity index (χ4v) is 0.540. The van der Waals surface area contributed by atoms with Crippen molar-refractivity contribution in [3.63, 3.8) is 0 Å². The number of Topliss-reactive ketones (excluding diaryl/α,β-unsaturated/α-hetero) is 1. The summed E-state index contributed by atoms with van der Waals surface area (Å²) in [6, 6.07) is -1.81. The molecule has 0 bridgehead atoms. The Kier molecular flexibility index (Phi) is 3.70. The molecule has 0 aromatic heterocycles. The molecule has 0 aliphatic carbocycles. The van der Waals surface area contributed by atoms with Gasteiger partial charge in [-0.15, -0.1) is 0 Å². The van der Waals surface area contributed by atoms with Gasteiger partial charge in [-0.25, -0.2) is 0 Å². The number of ketones is 1. The van der Waals surface area contributed by atoms with Crippen molar-refractivity contribution in [2.45, 2.75) is 25.4 Å². The van der Waals surface area contributed by atoms with Gasteiger partial charge in [0, 0.05) is 0 Å². The molecule has 0 radical (unpaired) electrons. The molecule has 0 aromatic carbocycles. The van der Waals surface area contributed by atoms with Crippen LogP contribution in [0.3, 0.4) is 0 Å². The second-order valence-corrected chi connectivity index (χ2v) is 2.40. The summed E-state index contributed by atoms with van der Waals surface area (Å²) < 4.78 is 0. The third kappa shape index (κ3) is 3.69. The van der Waals surface area contributed by atoms with Gasteiger partial charge in [0.2, 0.25) is 0 Å². The van der Waals surface area contributed by atoms with Crippen LogP contribution in [-0.4, -0.2) is 28.9 Å². The maximum absolute atomic E-state index is 10.5. The molecule has 5 nitrogen and oxygen atoms in total. The summed E-state index contributed by atoms with van der Waals surface area (Å²) in [5.74, 6) is -1.39. The molecule has 2 atom stereocenters. The molecule has 5 N–H and O–H groups in total. The van der Waals surface area contributed by atoms with E-state index in [4.69, 9.17) is 16.6 Å². The minimum atomic E-state index is -1.14. The van der Waals surface area contributed by atoms with Gasteiger partial charge in [-0.2, -0.15) is 0 Å². The summed E-state index contributed by atoms with van der Waals surface area (Å²) in [7, 11) is 0. The summed E-state index contributed by atoms with van der Waals surface area (Å²) in [6.07, 6.45) is -0.00926. The van der Waals surface area contributed by atoms with Crippen molar-refractivity contribution in [2.24, 2.45) is 11.5 Å². The largest absolute Gasteiger partial charge is 0.480 e. The SMILES string of the molecule is CC(=O)C(N)CC(N)C(=O)O. The molecule has 2 unspecified atom stereocenters. The summed E-state index contributed by atoms with van der Waals surface area (Å²) in [4.78, 5) is 20.7. The number of carboxylic acids is 1. The van der Waals surface area contributed by atoms with E-state index in [2.05, 4.69) is 0 Å². The first kappa shape index (κ1) is 10.1. The second kappa shape index (κ2) is 4.05. The van der Waals surface area contributed by atoms with Crippen molar-refractivity contribution in [1.82, 2.24) is 0 Å². The van der Waals surface area contributed by atoms with Gasteiger partial charge in [-0.3, -0.25) is 9.59 Å². The number of hydrogen-bond acceptors (Lipinski definition) is 4. The van der Waals surface area contributed by atoms with Crippen molar-refractivity contribution < 1.29 is 14.7 Å². The van der Waals surface area contributed by atoms with E-state index in [0.29, 0.717) is 0 Å². The number of carboxylic acid groups (broad SMARTS) is 1. The van der Waals surface area contributed by atoms with Crippen molar-refractivity contribution in [1.29, 1.82) is 0 Å². The third-order valence-electron chi connectivity index (χ3n) is 1.35. The zero-order chi connectivity index (χ0) is 9.02. The molecule has 11 heavy (non-hydrogen) atoms. The van der Waals surface area contributed by atoms with Crippen LogP contribution in [0, 0.1) is 0 Å². The van der Waals surface area contributed by atoms with Gasteiger partial charge in [0.15, 0.2) is 0 Å². The van der Waals surface area contributed by atoms with Crippen LogP contribution in [0.4, 0.5) is 0 Å².